The fraction of sp³-hybridized carbons (Fsp3) is 0.571. The highest BCUT2D eigenvalue weighted by molar-refractivity contribution is 7.99. The van der Waals surface area contributed by atoms with Crippen LogP contribution in [0.2, 0.25) is 0 Å². The molecule has 1 atom stereocenters. The van der Waals surface area contributed by atoms with Gasteiger partial charge in [-0.25, -0.2) is 0 Å². The number of likely N-dealkylation sites (tertiary alicyclic amines) is 1. The van der Waals surface area contributed by atoms with E-state index in [1.807, 2.05) is 11.0 Å². The third-order valence-electron chi connectivity index (χ3n) is 5.78. The van der Waals surface area contributed by atoms with Gasteiger partial charge in [0.15, 0.2) is 5.16 Å². The number of aromatic nitrogens is 3. The largest absolute Gasteiger partial charge is 0.311 e. The molecule has 1 aromatic carbocycles. The lowest BCUT2D eigenvalue weighted by atomic mass is 9.97. The molecule has 0 bridgehead atoms. The summed E-state index contributed by atoms with van der Waals surface area (Å²) in [6, 6.07) is 8.32. The van der Waals surface area contributed by atoms with E-state index >= 15 is 0 Å². The van der Waals surface area contributed by atoms with Gasteiger partial charge < -0.3 is 9.47 Å². The predicted octanol–water partition coefficient (Wildman–Crippen LogP) is 3.09. The number of para-hydroxylation sites is 1. The number of hydrogen-bond acceptors (Lipinski definition) is 5. The Bertz CT molecular complexity index is 836. The van der Waals surface area contributed by atoms with Gasteiger partial charge in [0.25, 0.3) is 0 Å². The molecule has 0 unspecified atom stereocenters. The second-order valence-electron chi connectivity index (χ2n) is 7.68. The number of aryl methyl sites for hydroxylation is 1. The van der Waals surface area contributed by atoms with Gasteiger partial charge in [0.05, 0.1) is 6.54 Å². The van der Waals surface area contributed by atoms with E-state index in [4.69, 9.17) is 0 Å². The number of fused-ring (bicyclic) bond motifs is 1. The maximum Gasteiger partial charge on any atom is 0.241 e. The highest BCUT2D eigenvalue weighted by Gasteiger charge is 2.29. The van der Waals surface area contributed by atoms with Crippen molar-refractivity contribution in [3.8, 4) is 0 Å². The van der Waals surface area contributed by atoms with Gasteiger partial charge in [-0.1, -0.05) is 36.9 Å². The summed E-state index contributed by atoms with van der Waals surface area (Å²) in [6.45, 7) is 5.30. The van der Waals surface area contributed by atoms with Gasteiger partial charge in [-0.3, -0.25) is 9.69 Å². The average molecular weight is 400 g/mol. The number of carbonyl (C=O) groups is 1. The molecule has 28 heavy (non-hydrogen) atoms. The van der Waals surface area contributed by atoms with E-state index in [9.17, 15) is 4.79 Å². The highest BCUT2D eigenvalue weighted by atomic mass is 32.2. The Balaban J connectivity index is 1.43. The lowest BCUT2D eigenvalue weighted by Crippen LogP contribution is -2.45. The topological polar surface area (TPSA) is 54.3 Å². The number of anilines is 1. The number of benzene rings is 1. The quantitative estimate of drug-likeness (QED) is 0.723. The zero-order valence-electron chi connectivity index (χ0n) is 16.8. The molecule has 0 radical (unpaired) electrons. The van der Waals surface area contributed by atoms with E-state index in [0.717, 1.165) is 67.7 Å². The molecule has 6 nitrogen and oxygen atoms in total. The second kappa shape index (κ2) is 8.66. The molecule has 1 aromatic heterocycles. The van der Waals surface area contributed by atoms with E-state index in [1.165, 1.54) is 5.56 Å². The SMILES string of the molecule is CCSc1nnc([C@H]2CCCN(CC(=O)N3CCCc4ccccc43)C2)n1C. The molecule has 7 heteroatoms. The molecule has 2 aliphatic heterocycles. The molecular weight excluding hydrogens is 370 g/mol. The molecule has 2 aromatic rings. The molecule has 0 aliphatic carbocycles. The van der Waals surface area contributed by atoms with Crippen molar-refractivity contribution in [3.63, 3.8) is 0 Å². The van der Waals surface area contributed by atoms with Crippen LogP contribution in [0.5, 0.6) is 0 Å². The number of thioether (sulfide) groups is 1. The smallest absolute Gasteiger partial charge is 0.241 e. The normalized spacial score (nSPS) is 20.2. The first-order valence-electron chi connectivity index (χ1n) is 10.3. The summed E-state index contributed by atoms with van der Waals surface area (Å²) in [6.07, 6.45) is 4.32. The van der Waals surface area contributed by atoms with E-state index in [1.54, 1.807) is 11.8 Å². The predicted molar refractivity (Wildman–Crippen MR) is 113 cm³/mol. The van der Waals surface area contributed by atoms with Gasteiger partial charge >= 0.3 is 0 Å². The molecule has 3 heterocycles. The highest BCUT2D eigenvalue weighted by Crippen LogP contribution is 2.29. The van der Waals surface area contributed by atoms with Gasteiger partial charge in [0, 0.05) is 31.7 Å². The van der Waals surface area contributed by atoms with Gasteiger partial charge in [-0.15, -0.1) is 10.2 Å². The van der Waals surface area contributed by atoms with Crippen LogP contribution in [0.25, 0.3) is 0 Å². The molecule has 1 saturated heterocycles. The van der Waals surface area contributed by atoms with Crippen molar-refractivity contribution in [1.29, 1.82) is 0 Å². The van der Waals surface area contributed by atoms with Crippen molar-refractivity contribution < 1.29 is 4.79 Å². The minimum Gasteiger partial charge on any atom is -0.311 e. The summed E-state index contributed by atoms with van der Waals surface area (Å²) < 4.78 is 2.13. The summed E-state index contributed by atoms with van der Waals surface area (Å²) in [7, 11) is 2.06. The van der Waals surface area contributed by atoms with Crippen molar-refractivity contribution >= 4 is 23.4 Å². The minimum atomic E-state index is 0.216. The third-order valence-corrected chi connectivity index (χ3v) is 6.69. The lowest BCUT2D eigenvalue weighted by Gasteiger charge is -2.35. The van der Waals surface area contributed by atoms with Gasteiger partial charge in [0.1, 0.15) is 5.82 Å². The minimum absolute atomic E-state index is 0.216. The molecule has 1 fully saturated rings. The van der Waals surface area contributed by atoms with Crippen molar-refractivity contribution in [2.45, 2.75) is 43.7 Å². The summed E-state index contributed by atoms with van der Waals surface area (Å²) in [5.41, 5.74) is 2.39. The number of rotatable bonds is 5. The van der Waals surface area contributed by atoms with Crippen LogP contribution in [0.4, 0.5) is 5.69 Å². The number of amides is 1. The maximum atomic E-state index is 13.1. The Morgan fingerprint density at radius 3 is 2.93 bits per heavy atom. The zero-order valence-corrected chi connectivity index (χ0v) is 17.6. The van der Waals surface area contributed by atoms with Gasteiger partial charge in [0.2, 0.25) is 5.91 Å². The number of nitrogens with zero attached hydrogens (tertiary/aromatic N) is 5. The average Bonchev–Trinajstić information content (AvgIpc) is 3.08. The Hall–Kier alpha value is -1.86. The second-order valence-corrected chi connectivity index (χ2v) is 8.92. The monoisotopic (exact) mass is 399 g/mol. The summed E-state index contributed by atoms with van der Waals surface area (Å²) in [4.78, 5) is 17.4. The Morgan fingerprint density at radius 1 is 1.21 bits per heavy atom. The van der Waals surface area contributed by atoms with Crippen LogP contribution < -0.4 is 4.90 Å². The number of piperidine rings is 1. The van der Waals surface area contributed by atoms with Crippen molar-refractivity contribution in [2.24, 2.45) is 7.05 Å². The number of hydrogen-bond donors (Lipinski definition) is 0. The van der Waals surface area contributed by atoms with Crippen LogP contribution in [0.1, 0.15) is 43.5 Å². The van der Waals surface area contributed by atoms with Crippen molar-refractivity contribution in [1.82, 2.24) is 19.7 Å². The molecule has 4 rings (SSSR count). The molecule has 0 spiro atoms. The molecule has 150 valence electrons. The van der Waals surface area contributed by atoms with Crippen molar-refractivity contribution in [2.75, 3.05) is 36.8 Å². The molecule has 0 N–H and O–H groups in total. The van der Waals surface area contributed by atoms with E-state index in [2.05, 4.69) is 51.8 Å². The summed E-state index contributed by atoms with van der Waals surface area (Å²) >= 11 is 1.73. The van der Waals surface area contributed by atoms with Crippen LogP contribution in [-0.4, -0.2) is 57.5 Å². The standard InChI is InChI=1S/C21H29N5OS/c1-3-28-21-23-22-20(24(21)2)17-10-6-12-25(14-17)15-19(27)26-13-7-9-16-8-4-5-11-18(16)26/h4-5,8,11,17H,3,6-7,9-10,12-15H2,1-2H3/t17-/m0/s1. The van der Waals surface area contributed by atoms with E-state index in [-0.39, 0.29) is 5.91 Å². The molecule has 2 aliphatic rings. The van der Waals surface area contributed by atoms with Crippen LogP contribution in [0.15, 0.2) is 29.4 Å². The molecule has 0 saturated carbocycles. The van der Waals surface area contributed by atoms with Crippen LogP contribution >= 0.6 is 11.8 Å². The third kappa shape index (κ3) is 3.96. The van der Waals surface area contributed by atoms with E-state index in [0.29, 0.717) is 12.5 Å². The van der Waals surface area contributed by atoms with Gasteiger partial charge in [-0.2, -0.15) is 0 Å². The fourth-order valence-electron chi connectivity index (χ4n) is 4.42. The Labute approximate surface area is 171 Å². The van der Waals surface area contributed by atoms with Crippen molar-refractivity contribution in [3.05, 3.63) is 35.7 Å². The maximum absolute atomic E-state index is 13.1. The number of carbonyl (C=O) groups excluding carboxylic acids is 1. The fourth-order valence-corrected chi connectivity index (χ4v) is 5.06. The Morgan fingerprint density at radius 2 is 2.07 bits per heavy atom. The first-order chi connectivity index (χ1) is 13.7. The zero-order chi connectivity index (χ0) is 19.5. The molecule has 1 amide bonds. The summed E-state index contributed by atoms with van der Waals surface area (Å²) in [5.74, 6) is 2.61. The first kappa shape index (κ1) is 19.5. The van der Waals surface area contributed by atoms with Crippen LogP contribution in [0.3, 0.4) is 0 Å². The van der Waals surface area contributed by atoms with Crippen LogP contribution in [-0.2, 0) is 18.3 Å². The van der Waals surface area contributed by atoms with Gasteiger partial charge in [-0.05, 0) is 49.6 Å². The first-order valence-corrected chi connectivity index (χ1v) is 11.3. The lowest BCUT2D eigenvalue weighted by molar-refractivity contribution is -0.120. The van der Waals surface area contributed by atoms with E-state index < -0.39 is 0 Å². The Kier molecular flexibility index (Phi) is 6.01. The molecular formula is C21H29N5OS. The van der Waals surface area contributed by atoms with Crippen LogP contribution in [0, 0.1) is 0 Å². The summed E-state index contributed by atoms with van der Waals surface area (Å²) in [5, 5.41) is 9.79.